The van der Waals surface area contributed by atoms with Gasteiger partial charge in [-0.3, -0.25) is 14.7 Å². The van der Waals surface area contributed by atoms with Crippen LogP contribution in [0.5, 0.6) is 0 Å². The highest BCUT2D eigenvalue weighted by Crippen LogP contribution is 2.29. The Morgan fingerprint density at radius 1 is 1.12 bits per heavy atom. The Hall–Kier alpha value is -4.08. The van der Waals surface area contributed by atoms with E-state index >= 15 is 0 Å². The SMILES string of the molecule is Cc1c(-c2ccc(C(=O)N3CCC(C(=O)Nc4cc(F)c(F)c(F)c4)C3)[nH]2)ccc2[nH]ncc12. The van der Waals surface area contributed by atoms with Gasteiger partial charge in [-0.2, -0.15) is 5.10 Å². The Kier molecular flexibility index (Phi) is 5.35. The Morgan fingerprint density at radius 3 is 2.65 bits per heavy atom. The van der Waals surface area contributed by atoms with Crippen molar-refractivity contribution in [2.75, 3.05) is 18.4 Å². The number of amides is 2. The summed E-state index contributed by atoms with van der Waals surface area (Å²) in [7, 11) is 0. The fourth-order valence-electron chi connectivity index (χ4n) is 4.33. The first-order valence-corrected chi connectivity index (χ1v) is 10.7. The highest BCUT2D eigenvalue weighted by Gasteiger charge is 2.32. The molecule has 4 aromatic rings. The summed E-state index contributed by atoms with van der Waals surface area (Å²) in [6.45, 7) is 2.50. The number of aromatic amines is 2. The number of nitrogens with one attached hydrogen (secondary N) is 3. The first-order chi connectivity index (χ1) is 16.3. The molecule has 0 bridgehead atoms. The molecule has 2 aromatic heterocycles. The van der Waals surface area contributed by atoms with Gasteiger partial charge in [-0.25, -0.2) is 13.2 Å². The van der Waals surface area contributed by atoms with Gasteiger partial charge in [-0.15, -0.1) is 0 Å². The second-order valence-corrected chi connectivity index (χ2v) is 8.33. The molecule has 0 aliphatic carbocycles. The minimum absolute atomic E-state index is 0.158. The molecule has 3 heterocycles. The van der Waals surface area contributed by atoms with Gasteiger partial charge in [0.25, 0.3) is 5.91 Å². The second kappa shape index (κ2) is 8.36. The van der Waals surface area contributed by atoms with Gasteiger partial charge in [0.05, 0.1) is 17.6 Å². The van der Waals surface area contributed by atoms with Crippen LogP contribution in [0.25, 0.3) is 22.2 Å². The summed E-state index contributed by atoms with van der Waals surface area (Å²) < 4.78 is 39.9. The van der Waals surface area contributed by atoms with E-state index in [-0.39, 0.29) is 18.1 Å². The Labute approximate surface area is 192 Å². The Bertz CT molecular complexity index is 1400. The average Bonchev–Trinajstić information content (AvgIpc) is 3.58. The maximum atomic E-state index is 13.4. The van der Waals surface area contributed by atoms with Crippen LogP contribution in [0.15, 0.2) is 42.6 Å². The van der Waals surface area contributed by atoms with Crippen LogP contribution >= 0.6 is 0 Å². The lowest BCUT2D eigenvalue weighted by atomic mass is 10.0. The highest BCUT2D eigenvalue weighted by molar-refractivity contribution is 5.97. The quantitative estimate of drug-likeness (QED) is 0.389. The Balaban J connectivity index is 1.27. The van der Waals surface area contributed by atoms with Crippen LogP contribution in [0.1, 0.15) is 22.5 Å². The van der Waals surface area contributed by atoms with Crippen molar-refractivity contribution in [2.45, 2.75) is 13.3 Å². The lowest BCUT2D eigenvalue weighted by Crippen LogP contribution is -2.31. The molecular weight excluding hydrogens is 447 g/mol. The first-order valence-electron chi connectivity index (χ1n) is 10.7. The molecule has 1 aliphatic heterocycles. The molecule has 7 nitrogen and oxygen atoms in total. The van der Waals surface area contributed by atoms with Crippen molar-refractivity contribution in [1.82, 2.24) is 20.1 Å². The molecule has 1 fully saturated rings. The van der Waals surface area contributed by atoms with Crippen molar-refractivity contribution in [2.24, 2.45) is 5.92 Å². The van der Waals surface area contributed by atoms with Crippen molar-refractivity contribution < 1.29 is 22.8 Å². The minimum Gasteiger partial charge on any atom is -0.351 e. The summed E-state index contributed by atoms with van der Waals surface area (Å²) in [5, 5.41) is 10.4. The van der Waals surface area contributed by atoms with Crippen molar-refractivity contribution in [3.63, 3.8) is 0 Å². The van der Waals surface area contributed by atoms with E-state index in [1.807, 2.05) is 25.1 Å². The number of halogens is 3. The van der Waals surface area contributed by atoms with Crippen LogP contribution in [0.3, 0.4) is 0 Å². The van der Waals surface area contributed by atoms with Crippen LogP contribution in [-0.4, -0.2) is 45.0 Å². The molecular formula is C24H20F3N5O2. The van der Waals surface area contributed by atoms with E-state index in [9.17, 15) is 22.8 Å². The third-order valence-electron chi connectivity index (χ3n) is 6.20. The second-order valence-electron chi connectivity index (χ2n) is 8.33. The van der Waals surface area contributed by atoms with Gasteiger partial charge in [-0.05, 0) is 37.1 Å². The number of carbonyl (C=O) groups excluding carboxylic acids is 2. The summed E-state index contributed by atoms with van der Waals surface area (Å²) in [5.74, 6) is -5.66. The lowest BCUT2D eigenvalue weighted by molar-refractivity contribution is -0.119. The van der Waals surface area contributed by atoms with Gasteiger partial charge in [-0.1, -0.05) is 6.07 Å². The molecule has 174 valence electrons. The number of fused-ring (bicyclic) bond motifs is 1. The first kappa shape index (κ1) is 21.7. The third-order valence-corrected chi connectivity index (χ3v) is 6.20. The predicted molar refractivity (Wildman–Crippen MR) is 120 cm³/mol. The highest BCUT2D eigenvalue weighted by atomic mass is 19.2. The minimum atomic E-state index is -1.60. The topological polar surface area (TPSA) is 93.9 Å². The number of aromatic nitrogens is 3. The summed E-state index contributed by atoms with van der Waals surface area (Å²) in [6, 6.07) is 8.85. The number of hydrogen-bond donors (Lipinski definition) is 3. The molecule has 10 heteroatoms. The number of rotatable bonds is 4. The van der Waals surface area contributed by atoms with Crippen LogP contribution in [0.4, 0.5) is 18.9 Å². The molecule has 1 unspecified atom stereocenters. The molecule has 0 saturated carbocycles. The zero-order valence-electron chi connectivity index (χ0n) is 18.1. The molecule has 0 radical (unpaired) electrons. The van der Waals surface area contributed by atoms with Crippen molar-refractivity contribution in [3.05, 3.63) is 71.3 Å². The number of anilines is 1. The molecule has 2 amide bonds. The number of nitrogens with zero attached hydrogens (tertiary/aromatic N) is 2. The molecule has 3 N–H and O–H groups in total. The maximum Gasteiger partial charge on any atom is 0.270 e. The zero-order valence-corrected chi connectivity index (χ0v) is 18.1. The van der Waals surface area contributed by atoms with Gasteiger partial charge >= 0.3 is 0 Å². The fourth-order valence-corrected chi connectivity index (χ4v) is 4.33. The van der Waals surface area contributed by atoms with E-state index in [1.54, 1.807) is 17.2 Å². The zero-order chi connectivity index (χ0) is 24.0. The number of H-pyrrole nitrogens is 2. The maximum absolute atomic E-state index is 13.4. The molecule has 0 spiro atoms. The summed E-state index contributed by atoms with van der Waals surface area (Å²) in [6.07, 6.45) is 2.15. The third kappa shape index (κ3) is 3.81. The molecule has 5 rings (SSSR count). The Morgan fingerprint density at radius 2 is 1.88 bits per heavy atom. The van der Waals surface area contributed by atoms with E-state index in [4.69, 9.17) is 0 Å². The molecule has 2 aromatic carbocycles. The van der Waals surface area contributed by atoms with Crippen LogP contribution in [0.2, 0.25) is 0 Å². The van der Waals surface area contributed by atoms with E-state index in [0.717, 1.165) is 39.9 Å². The molecule has 34 heavy (non-hydrogen) atoms. The number of benzene rings is 2. The van der Waals surface area contributed by atoms with Gasteiger partial charge < -0.3 is 15.2 Å². The summed E-state index contributed by atoms with van der Waals surface area (Å²) in [5.41, 5.74) is 3.91. The van der Waals surface area contributed by atoms with Crippen molar-refractivity contribution in [3.8, 4) is 11.3 Å². The molecule has 1 aliphatic rings. The van der Waals surface area contributed by atoms with Crippen molar-refractivity contribution in [1.29, 1.82) is 0 Å². The van der Waals surface area contributed by atoms with Gasteiger partial charge in [0.2, 0.25) is 5.91 Å². The predicted octanol–water partition coefficient (Wildman–Crippen LogP) is 4.38. The number of likely N-dealkylation sites (tertiary alicyclic amines) is 1. The van der Waals surface area contributed by atoms with E-state index in [0.29, 0.717) is 18.7 Å². The molecule has 1 saturated heterocycles. The number of aryl methyl sites for hydroxylation is 1. The monoisotopic (exact) mass is 467 g/mol. The largest absolute Gasteiger partial charge is 0.351 e. The normalized spacial score (nSPS) is 15.8. The molecule has 1 atom stereocenters. The number of carbonyl (C=O) groups is 2. The number of hydrogen-bond acceptors (Lipinski definition) is 3. The van der Waals surface area contributed by atoms with Crippen LogP contribution in [-0.2, 0) is 4.79 Å². The average molecular weight is 467 g/mol. The van der Waals surface area contributed by atoms with Gasteiger partial charge in [0, 0.05) is 47.6 Å². The van der Waals surface area contributed by atoms with Crippen molar-refractivity contribution >= 4 is 28.4 Å². The smallest absolute Gasteiger partial charge is 0.270 e. The van der Waals surface area contributed by atoms with Crippen LogP contribution in [0, 0.1) is 30.3 Å². The standard InChI is InChI=1S/C24H20F3N5O2/c1-12-15(2-3-20-16(12)10-28-31-20)19-4-5-21(30-19)24(34)32-7-6-13(11-32)23(33)29-14-8-17(25)22(27)18(26)9-14/h2-5,8-10,13,30H,6-7,11H2,1H3,(H,28,31)(H,29,33). The van der Waals surface area contributed by atoms with E-state index < -0.39 is 29.3 Å². The fraction of sp³-hybridized carbons (Fsp3) is 0.208. The van der Waals surface area contributed by atoms with Crippen LogP contribution < -0.4 is 5.32 Å². The lowest BCUT2D eigenvalue weighted by Gasteiger charge is -2.16. The van der Waals surface area contributed by atoms with Gasteiger partial charge in [0.15, 0.2) is 17.5 Å². The summed E-state index contributed by atoms with van der Waals surface area (Å²) in [4.78, 5) is 30.3. The van der Waals surface area contributed by atoms with E-state index in [2.05, 4.69) is 20.5 Å². The summed E-state index contributed by atoms with van der Waals surface area (Å²) >= 11 is 0. The van der Waals surface area contributed by atoms with Gasteiger partial charge in [0.1, 0.15) is 5.69 Å². The van der Waals surface area contributed by atoms with E-state index in [1.165, 1.54) is 0 Å².